The van der Waals surface area contributed by atoms with Crippen molar-refractivity contribution in [3.8, 4) is 11.1 Å². The molecule has 0 aliphatic heterocycles. The number of pyridine rings is 1. The van der Waals surface area contributed by atoms with Gasteiger partial charge < -0.3 is 9.84 Å². The number of carbonyl (C=O) groups excluding carboxylic acids is 1. The van der Waals surface area contributed by atoms with Gasteiger partial charge in [0.15, 0.2) is 5.69 Å². The molecule has 0 amide bonds. The molecule has 0 atom stereocenters. The van der Waals surface area contributed by atoms with Crippen molar-refractivity contribution in [1.82, 2.24) is 4.98 Å². The van der Waals surface area contributed by atoms with Crippen molar-refractivity contribution >= 4 is 11.9 Å². The first-order chi connectivity index (χ1) is 14.0. The van der Waals surface area contributed by atoms with E-state index >= 15 is 0 Å². The van der Waals surface area contributed by atoms with E-state index in [-0.39, 0.29) is 17.9 Å². The summed E-state index contributed by atoms with van der Waals surface area (Å²) in [4.78, 5) is 29.5. The first-order valence-corrected chi connectivity index (χ1v) is 9.56. The lowest BCUT2D eigenvalue weighted by atomic mass is 9.92. The highest BCUT2D eigenvalue weighted by atomic mass is 16.5. The Morgan fingerprint density at radius 3 is 2.17 bits per heavy atom. The van der Waals surface area contributed by atoms with E-state index in [1.807, 2.05) is 36.4 Å². The molecular weight excluding hydrogens is 366 g/mol. The Balaban J connectivity index is 2.16. The fourth-order valence-electron chi connectivity index (χ4n) is 3.38. The molecule has 5 nitrogen and oxygen atoms in total. The molecule has 148 valence electrons. The topological polar surface area (TPSA) is 76.5 Å². The second-order valence-electron chi connectivity index (χ2n) is 6.66. The summed E-state index contributed by atoms with van der Waals surface area (Å²) in [6, 6.07) is 18.9. The molecule has 1 heterocycles. The third-order valence-electron chi connectivity index (χ3n) is 4.78. The summed E-state index contributed by atoms with van der Waals surface area (Å²) < 4.78 is 5.19. The van der Waals surface area contributed by atoms with Crippen LogP contribution in [0.15, 0.2) is 60.7 Å². The van der Waals surface area contributed by atoms with Crippen LogP contribution in [0.2, 0.25) is 0 Å². The third kappa shape index (κ3) is 4.51. The van der Waals surface area contributed by atoms with Crippen molar-refractivity contribution in [2.24, 2.45) is 0 Å². The van der Waals surface area contributed by atoms with Gasteiger partial charge in [-0.3, -0.25) is 0 Å². The second kappa shape index (κ2) is 9.15. The number of carboxylic acid groups (broad SMARTS) is 1. The monoisotopic (exact) mass is 389 g/mol. The number of hydrogen-bond acceptors (Lipinski definition) is 4. The number of carbonyl (C=O) groups is 2. The largest absolute Gasteiger partial charge is 0.478 e. The highest BCUT2D eigenvalue weighted by Gasteiger charge is 2.27. The zero-order chi connectivity index (χ0) is 20.8. The first kappa shape index (κ1) is 20.3. The van der Waals surface area contributed by atoms with Crippen molar-refractivity contribution in [1.29, 1.82) is 0 Å². The molecule has 0 saturated carbocycles. The van der Waals surface area contributed by atoms with Gasteiger partial charge in [0.2, 0.25) is 0 Å². The Morgan fingerprint density at radius 1 is 0.966 bits per heavy atom. The first-order valence-electron chi connectivity index (χ1n) is 9.56. The average Bonchev–Trinajstić information content (AvgIpc) is 2.73. The van der Waals surface area contributed by atoms with Gasteiger partial charge in [-0.1, -0.05) is 60.7 Å². The maximum absolute atomic E-state index is 12.7. The third-order valence-corrected chi connectivity index (χ3v) is 4.78. The SMILES string of the molecule is CCOC(=O)c1nc(CCc2ccccc2)c(C)c(C(=O)O)c1-c1ccccc1. The molecule has 2 aromatic carbocycles. The van der Waals surface area contributed by atoms with Crippen LogP contribution < -0.4 is 0 Å². The highest BCUT2D eigenvalue weighted by molar-refractivity contribution is 6.05. The zero-order valence-corrected chi connectivity index (χ0v) is 16.5. The molecule has 1 aromatic heterocycles. The number of aromatic nitrogens is 1. The van der Waals surface area contributed by atoms with Crippen LogP contribution in [0.4, 0.5) is 0 Å². The summed E-state index contributed by atoms with van der Waals surface area (Å²) in [6.07, 6.45) is 1.22. The van der Waals surface area contributed by atoms with E-state index in [0.717, 1.165) is 5.56 Å². The number of carboxylic acids is 1. The Kier molecular flexibility index (Phi) is 6.39. The zero-order valence-electron chi connectivity index (χ0n) is 16.5. The van der Waals surface area contributed by atoms with Crippen LogP contribution in [0.25, 0.3) is 11.1 Å². The predicted octanol–water partition coefficient (Wildman–Crippen LogP) is 4.72. The minimum absolute atomic E-state index is 0.0455. The van der Waals surface area contributed by atoms with Crippen molar-refractivity contribution in [3.63, 3.8) is 0 Å². The molecule has 0 saturated heterocycles. The molecule has 3 rings (SSSR count). The van der Waals surface area contributed by atoms with Crippen LogP contribution in [-0.4, -0.2) is 28.6 Å². The Hall–Kier alpha value is -3.47. The van der Waals surface area contributed by atoms with Crippen LogP contribution in [0, 0.1) is 6.92 Å². The molecule has 0 fully saturated rings. The van der Waals surface area contributed by atoms with Crippen LogP contribution in [0.3, 0.4) is 0 Å². The average molecular weight is 389 g/mol. The van der Waals surface area contributed by atoms with Gasteiger partial charge in [0.25, 0.3) is 0 Å². The van der Waals surface area contributed by atoms with Gasteiger partial charge in [0.05, 0.1) is 12.2 Å². The molecule has 0 spiro atoms. The minimum Gasteiger partial charge on any atom is -0.478 e. The summed E-state index contributed by atoms with van der Waals surface area (Å²) in [5.74, 6) is -1.70. The van der Waals surface area contributed by atoms with E-state index in [4.69, 9.17) is 4.74 Å². The van der Waals surface area contributed by atoms with Crippen LogP contribution in [0.5, 0.6) is 0 Å². The van der Waals surface area contributed by atoms with E-state index < -0.39 is 11.9 Å². The molecular formula is C24H23NO4. The summed E-state index contributed by atoms with van der Waals surface area (Å²) in [7, 11) is 0. The molecule has 0 bridgehead atoms. The van der Waals surface area contributed by atoms with Gasteiger partial charge in [-0.15, -0.1) is 0 Å². The fraction of sp³-hybridized carbons (Fsp3) is 0.208. The summed E-state index contributed by atoms with van der Waals surface area (Å²) in [6.45, 7) is 3.64. The highest BCUT2D eigenvalue weighted by Crippen LogP contribution is 2.31. The van der Waals surface area contributed by atoms with Gasteiger partial charge in [0.1, 0.15) is 0 Å². The summed E-state index contributed by atoms with van der Waals surface area (Å²) in [5, 5.41) is 9.97. The van der Waals surface area contributed by atoms with Crippen molar-refractivity contribution < 1.29 is 19.4 Å². The standard InChI is InChI=1S/C24H23NO4/c1-3-29-24(28)22-21(18-12-8-5-9-13-18)20(23(26)27)16(2)19(25-22)15-14-17-10-6-4-7-11-17/h4-13H,3,14-15H2,1-2H3,(H,26,27). The van der Waals surface area contributed by atoms with Gasteiger partial charge in [0, 0.05) is 11.3 Å². The van der Waals surface area contributed by atoms with Gasteiger partial charge in [-0.2, -0.15) is 0 Å². The maximum Gasteiger partial charge on any atom is 0.357 e. The number of hydrogen-bond donors (Lipinski definition) is 1. The van der Waals surface area contributed by atoms with E-state index in [2.05, 4.69) is 4.98 Å². The van der Waals surface area contributed by atoms with Crippen molar-refractivity contribution in [2.75, 3.05) is 6.61 Å². The van der Waals surface area contributed by atoms with Crippen molar-refractivity contribution in [2.45, 2.75) is 26.7 Å². The van der Waals surface area contributed by atoms with Crippen molar-refractivity contribution in [3.05, 3.63) is 88.7 Å². The van der Waals surface area contributed by atoms with E-state index in [0.29, 0.717) is 35.2 Å². The Labute approximate surface area is 170 Å². The second-order valence-corrected chi connectivity index (χ2v) is 6.66. The number of rotatable bonds is 7. The lowest BCUT2D eigenvalue weighted by Gasteiger charge is -2.17. The fourth-order valence-corrected chi connectivity index (χ4v) is 3.38. The minimum atomic E-state index is -1.09. The number of aromatic carboxylic acids is 1. The van der Waals surface area contributed by atoms with Gasteiger partial charge in [-0.25, -0.2) is 14.6 Å². The number of benzene rings is 2. The quantitative estimate of drug-likeness (QED) is 0.592. The molecule has 3 aromatic rings. The maximum atomic E-state index is 12.7. The molecule has 29 heavy (non-hydrogen) atoms. The Morgan fingerprint density at radius 2 is 1.59 bits per heavy atom. The van der Waals surface area contributed by atoms with Gasteiger partial charge in [-0.05, 0) is 43.4 Å². The smallest absolute Gasteiger partial charge is 0.357 e. The molecule has 1 N–H and O–H groups in total. The summed E-state index contributed by atoms with van der Waals surface area (Å²) >= 11 is 0. The van der Waals surface area contributed by atoms with E-state index in [9.17, 15) is 14.7 Å². The normalized spacial score (nSPS) is 10.6. The number of ether oxygens (including phenoxy) is 1. The molecule has 0 unspecified atom stereocenters. The number of esters is 1. The molecule has 0 aliphatic rings. The van der Waals surface area contributed by atoms with Crippen LogP contribution in [0.1, 0.15) is 44.6 Å². The predicted molar refractivity (Wildman–Crippen MR) is 111 cm³/mol. The lowest BCUT2D eigenvalue weighted by Crippen LogP contribution is -2.17. The van der Waals surface area contributed by atoms with Crippen LogP contribution in [-0.2, 0) is 17.6 Å². The van der Waals surface area contributed by atoms with Gasteiger partial charge >= 0.3 is 11.9 Å². The Bertz CT molecular complexity index is 1010. The molecule has 0 radical (unpaired) electrons. The summed E-state index contributed by atoms with van der Waals surface area (Å²) in [5.41, 5.74) is 3.35. The van der Waals surface area contributed by atoms with E-state index in [1.165, 1.54) is 0 Å². The molecule has 5 heteroatoms. The number of aryl methyl sites for hydroxylation is 2. The van der Waals surface area contributed by atoms with E-state index in [1.54, 1.807) is 38.1 Å². The lowest BCUT2D eigenvalue weighted by molar-refractivity contribution is 0.0520. The van der Waals surface area contributed by atoms with Crippen LogP contribution >= 0.6 is 0 Å². The molecule has 0 aliphatic carbocycles. The number of nitrogens with zero attached hydrogens (tertiary/aromatic N) is 1.